The molecule has 0 unspecified atom stereocenters. The van der Waals surface area contributed by atoms with Gasteiger partial charge in [-0.15, -0.1) is 11.3 Å². The van der Waals surface area contributed by atoms with Gasteiger partial charge in [0.1, 0.15) is 22.3 Å². The normalized spacial score (nSPS) is 11.8. The Morgan fingerprint density at radius 1 is 0.404 bits per heavy atom. The molecule has 4 heteroatoms. The van der Waals surface area contributed by atoms with E-state index in [9.17, 15) is 0 Å². The molecule has 0 atom stereocenters. The monoisotopic (exact) mass is 683 g/mol. The average Bonchev–Trinajstić information content (AvgIpc) is 3.90. The summed E-state index contributed by atoms with van der Waals surface area (Å²) in [7, 11) is 0. The van der Waals surface area contributed by atoms with E-state index < -0.39 is 0 Å². The second-order valence-electron chi connectivity index (χ2n) is 13.2. The van der Waals surface area contributed by atoms with E-state index in [0.717, 1.165) is 72.1 Å². The molecule has 3 nitrogen and oxygen atoms in total. The predicted octanol–water partition coefficient (Wildman–Crippen LogP) is 14.7. The SMILES string of the molecule is c1ccc(-c2ccc3oc4ccccc4c3c2N(c2ccc3c(c2)oc2ccccc23)c2ccc(-c3ccccc3)c3sc4ccccc4c23)cc1. The van der Waals surface area contributed by atoms with Crippen LogP contribution in [0.2, 0.25) is 0 Å². The van der Waals surface area contributed by atoms with Crippen molar-refractivity contribution in [1.29, 1.82) is 0 Å². The Morgan fingerprint density at radius 2 is 1.00 bits per heavy atom. The van der Waals surface area contributed by atoms with Gasteiger partial charge in [0, 0.05) is 53.6 Å². The van der Waals surface area contributed by atoms with E-state index in [-0.39, 0.29) is 0 Å². The van der Waals surface area contributed by atoms with Crippen molar-refractivity contribution >= 4 is 92.4 Å². The van der Waals surface area contributed by atoms with Crippen LogP contribution in [0.4, 0.5) is 17.1 Å². The van der Waals surface area contributed by atoms with Crippen LogP contribution in [-0.2, 0) is 0 Å². The number of hydrogen-bond donors (Lipinski definition) is 0. The minimum Gasteiger partial charge on any atom is -0.456 e. The molecule has 0 saturated carbocycles. The van der Waals surface area contributed by atoms with Crippen molar-refractivity contribution in [1.82, 2.24) is 0 Å². The molecular formula is C48H29NO2S. The lowest BCUT2D eigenvalue weighted by Crippen LogP contribution is -2.12. The second-order valence-corrected chi connectivity index (χ2v) is 14.3. The van der Waals surface area contributed by atoms with Crippen LogP contribution in [0, 0.1) is 0 Å². The molecule has 11 rings (SSSR count). The minimum atomic E-state index is 0.845. The Labute approximate surface area is 303 Å². The van der Waals surface area contributed by atoms with Gasteiger partial charge in [0.2, 0.25) is 0 Å². The van der Waals surface area contributed by atoms with Gasteiger partial charge in [-0.05, 0) is 65.2 Å². The van der Waals surface area contributed by atoms with Gasteiger partial charge in [-0.1, -0.05) is 121 Å². The third-order valence-electron chi connectivity index (χ3n) is 10.3. The van der Waals surface area contributed by atoms with Crippen LogP contribution in [0.3, 0.4) is 0 Å². The highest BCUT2D eigenvalue weighted by Crippen LogP contribution is 2.53. The fourth-order valence-corrected chi connectivity index (χ4v) is 9.22. The molecule has 0 amide bonds. The average molecular weight is 684 g/mol. The summed E-state index contributed by atoms with van der Waals surface area (Å²) in [5.74, 6) is 0. The van der Waals surface area contributed by atoms with E-state index >= 15 is 0 Å². The van der Waals surface area contributed by atoms with Crippen molar-refractivity contribution in [3.8, 4) is 22.3 Å². The first-order valence-corrected chi connectivity index (χ1v) is 18.3. The summed E-state index contributed by atoms with van der Waals surface area (Å²) in [5, 5.41) is 6.81. The van der Waals surface area contributed by atoms with Crippen LogP contribution in [0.5, 0.6) is 0 Å². The molecule has 8 aromatic carbocycles. The number of nitrogens with zero attached hydrogens (tertiary/aromatic N) is 1. The van der Waals surface area contributed by atoms with Crippen LogP contribution in [0.1, 0.15) is 0 Å². The van der Waals surface area contributed by atoms with Gasteiger partial charge < -0.3 is 13.7 Å². The van der Waals surface area contributed by atoms with Crippen LogP contribution in [0.15, 0.2) is 185 Å². The zero-order valence-corrected chi connectivity index (χ0v) is 28.7. The van der Waals surface area contributed by atoms with E-state index in [1.165, 1.54) is 31.3 Å². The molecule has 0 aliphatic rings. The highest BCUT2D eigenvalue weighted by Gasteiger charge is 2.27. The number of benzene rings is 8. The zero-order chi connectivity index (χ0) is 34.2. The fourth-order valence-electron chi connectivity index (χ4n) is 7.97. The lowest BCUT2D eigenvalue weighted by molar-refractivity contribution is 0.669. The van der Waals surface area contributed by atoms with E-state index in [2.05, 4.69) is 163 Å². The van der Waals surface area contributed by atoms with Gasteiger partial charge in [0.25, 0.3) is 0 Å². The first-order chi connectivity index (χ1) is 25.8. The van der Waals surface area contributed by atoms with Crippen LogP contribution in [-0.4, -0.2) is 0 Å². The number of fused-ring (bicyclic) bond motifs is 9. The van der Waals surface area contributed by atoms with E-state index in [1.807, 2.05) is 29.5 Å². The molecule has 3 heterocycles. The molecule has 0 saturated heterocycles. The van der Waals surface area contributed by atoms with Crippen molar-refractivity contribution in [2.45, 2.75) is 0 Å². The van der Waals surface area contributed by atoms with E-state index in [1.54, 1.807) is 0 Å². The number of para-hydroxylation sites is 2. The van der Waals surface area contributed by atoms with Gasteiger partial charge in [-0.2, -0.15) is 0 Å². The molecule has 0 N–H and O–H groups in total. The summed E-state index contributed by atoms with van der Waals surface area (Å²) in [6.45, 7) is 0. The molecule has 0 aliphatic carbocycles. The number of hydrogen-bond acceptors (Lipinski definition) is 4. The maximum absolute atomic E-state index is 6.59. The molecule has 0 aliphatic heterocycles. The summed E-state index contributed by atoms with van der Waals surface area (Å²) < 4.78 is 15.7. The van der Waals surface area contributed by atoms with Gasteiger partial charge in [-0.3, -0.25) is 0 Å². The van der Waals surface area contributed by atoms with Crippen molar-refractivity contribution in [2.75, 3.05) is 4.90 Å². The fraction of sp³-hybridized carbons (Fsp3) is 0. The zero-order valence-electron chi connectivity index (χ0n) is 27.9. The highest BCUT2D eigenvalue weighted by atomic mass is 32.1. The summed E-state index contributed by atoms with van der Waals surface area (Å²) in [6.07, 6.45) is 0. The molecule has 0 bridgehead atoms. The second kappa shape index (κ2) is 11.5. The molecule has 244 valence electrons. The standard InChI is InChI=1S/C48H29NO2S/c1-3-13-30(14-4-1)33-26-28-42-46(37-18-8-11-21-41(37)50-42)47(33)49(32-23-24-36-35-17-7-10-20-40(35)51-43(36)29-32)39-27-25-34(31-15-5-2-6-16-31)48-45(39)38-19-9-12-22-44(38)52-48/h1-29H. The molecule has 3 aromatic heterocycles. The Morgan fingerprint density at radius 3 is 1.79 bits per heavy atom. The third-order valence-corrected chi connectivity index (χ3v) is 11.5. The van der Waals surface area contributed by atoms with Gasteiger partial charge in [0.15, 0.2) is 0 Å². The van der Waals surface area contributed by atoms with E-state index in [0.29, 0.717) is 0 Å². The summed E-state index contributed by atoms with van der Waals surface area (Å²) in [5.41, 5.74) is 11.3. The first-order valence-electron chi connectivity index (χ1n) is 17.5. The molecular weight excluding hydrogens is 655 g/mol. The van der Waals surface area contributed by atoms with Crippen molar-refractivity contribution in [3.63, 3.8) is 0 Å². The molecule has 0 radical (unpaired) electrons. The van der Waals surface area contributed by atoms with Crippen LogP contribution in [0.25, 0.3) is 86.3 Å². The lowest BCUT2D eigenvalue weighted by atomic mass is 9.96. The number of thiophene rings is 1. The van der Waals surface area contributed by atoms with Crippen LogP contribution >= 0.6 is 11.3 Å². The Balaban J connectivity index is 1.32. The molecule has 52 heavy (non-hydrogen) atoms. The topological polar surface area (TPSA) is 29.5 Å². The quantitative estimate of drug-likeness (QED) is 0.181. The summed E-state index contributed by atoms with van der Waals surface area (Å²) >= 11 is 1.86. The maximum atomic E-state index is 6.59. The predicted molar refractivity (Wildman–Crippen MR) is 219 cm³/mol. The molecule has 0 spiro atoms. The first kappa shape index (κ1) is 29.1. The van der Waals surface area contributed by atoms with Crippen LogP contribution < -0.4 is 4.90 Å². The minimum absolute atomic E-state index is 0.845. The van der Waals surface area contributed by atoms with Crippen molar-refractivity contribution in [2.24, 2.45) is 0 Å². The van der Waals surface area contributed by atoms with Gasteiger partial charge >= 0.3 is 0 Å². The number of rotatable bonds is 5. The maximum Gasteiger partial charge on any atom is 0.137 e. The van der Waals surface area contributed by atoms with Crippen molar-refractivity contribution < 1.29 is 8.83 Å². The number of anilines is 3. The van der Waals surface area contributed by atoms with Gasteiger partial charge in [-0.25, -0.2) is 0 Å². The Hall–Kier alpha value is -6.62. The highest BCUT2D eigenvalue weighted by molar-refractivity contribution is 7.26. The summed E-state index contributed by atoms with van der Waals surface area (Å²) in [6, 6.07) is 62.5. The number of furan rings is 2. The molecule has 11 aromatic rings. The van der Waals surface area contributed by atoms with Gasteiger partial charge in [0.05, 0.1) is 16.8 Å². The smallest absolute Gasteiger partial charge is 0.137 e. The van der Waals surface area contributed by atoms with Crippen molar-refractivity contribution in [3.05, 3.63) is 176 Å². The third kappa shape index (κ3) is 4.38. The Kier molecular flexibility index (Phi) is 6.42. The largest absolute Gasteiger partial charge is 0.456 e. The summed E-state index contributed by atoms with van der Waals surface area (Å²) in [4.78, 5) is 2.45. The lowest BCUT2D eigenvalue weighted by Gasteiger charge is -2.30. The Bertz CT molecular complexity index is 3130. The van der Waals surface area contributed by atoms with E-state index in [4.69, 9.17) is 8.83 Å². The molecule has 0 fully saturated rings.